The van der Waals surface area contributed by atoms with Crippen molar-refractivity contribution < 1.29 is 4.79 Å². The van der Waals surface area contributed by atoms with Gasteiger partial charge in [0, 0.05) is 36.7 Å². The van der Waals surface area contributed by atoms with Crippen LogP contribution in [0.3, 0.4) is 0 Å². The minimum Gasteiger partial charge on any atom is -0.384 e. The monoisotopic (exact) mass is 243 g/mol. The molecule has 4 nitrogen and oxygen atoms in total. The Kier molecular flexibility index (Phi) is 3.52. The van der Waals surface area contributed by atoms with Crippen molar-refractivity contribution in [2.45, 2.75) is 26.2 Å². The maximum absolute atomic E-state index is 10.9. The number of nitrogens with one attached hydrogen (secondary N) is 2. The van der Waals surface area contributed by atoms with Gasteiger partial charge in [-0.15, -0.1) is 0 Å². The largest absolute Gasteiger partial charge is 0.384 e. The van der Waals surface area contributed by atoms with Crippen molar-refractivity contribution in [1.29, 1.82) is 5.26 Å². The Bertz CT molecular complexity index is 469. The maximum Gasteiger partial charge on any atom is 0.221 e. The Labute approximate surface area is 107 Å². The lowest BCUT2D eigenvalue weighted by Crippen LogP contribution is -2.14. The predicted octanol–water partition coefficient (Wildman–Crippen LogP) is 2.75. The summed E-state index contributed by atoms with van der Waals surface area (Å²) in [7, 11) is 0. The normalized spacial score (nSPS) is 15.6. The van der Waals surface area contributed by atoms with Crippen molar-refractivity contribution in [3.05, 3.63) is 24.3 Å². The highest BCUT2D eigenvalue weighted by Crippen LogP contribution is 2.48. The van der Waals surface area contributed by atoms with E-state index in [1.54, 1.807) is 0 Å². The van der Waals surface area contributed by atoms with Crippen LogP contribution in [0.1, 0.15) is 26.2 Å². The molecule has 0 aliphatic heterocycles. The van der Waals surface area contributed by atoms with Gasteiger partial charge in [-0.2, -0.15) is 5.26 Å². The van der Waals surface area contributed by atoms with E-state index in [9.17, 15) is 4.79 Å². The molecular formula is C14H17N3O. The SMILES string of the molecule is CC(=O)Nc1ccc(NCC2(CC#N)CC2)cc1. The molecule has 4 heteroatoms. The van der Waals surface area contributed by atoms with Crippen LogP contribution in [-0.4, -0.2) is 12.5 Å². The minimum absolute atomic E-state index is 0.0679. The first kappa shape index (κ1) is 12.4. The van der Waals surface area contributed by atoms with Gasteiger partial charge < -0.3 is 10.6 Å². The number of rotatable bonds is 5. The molecule has 0 heterocycles. The van der Waals surface area contributed by atoms with Crippen molar-refractivity contribution in [2.24, 2.45) is 5.41 Å². The summed E-state index contributed by atoms with van der Waals surface area (Å²) < 4.78 is 0. The lowest BCUT2D eigenvalue weighted by atomic mass is 10.0. The van der Waals surface area contributed by atoms with Crippen LogP contribution >= 0.6 is 0 Å². The summed E-state index contributed by atoms with van der Waals surface area (Å²) in [6.07, 6.45) is 2.90. The summed E-state index contributed by atoms with van der Waals surface area (Å²) in [5, 5.41) is 14.8. The van der Waals surface area contributed by atoms with Crippen LogP contribution in [0.25, 0.3) is 0 Å². The molecule has 0 radical (unpaired) electrons. The van der Waals surface area contributed by atoms with E-state index in [0.29, 0.717) is 6.42 Å². The van der Waals surface area contributed by atoms with Gasteiger partial charge in [-0.3, -0.25) is 4.79 Å². The molecule has 1 aliphatic rings. The van der Waals surface area contributed by atoms with E-state index in [-0.39, 0.29) is 11.3 Å². The van der Waals surface area contributed by atoms with E-state index in [4.69, 9.17) is 5.26 Å². The highest BCUT2D eigenvalue weighted by atomic mass is 16.1. The molecule has 0 saturated heterocycles. The third kappa shape index (κ3) is 3.24. The zero-order valence-corrected chi connectivity index (χ0v) is 10.5. The van der Waals surface area contributed by atoms with Gasteiger partial charge in [-0.1, -0.05) is 0 Å². The molecule has 2 N–H and O–H groups in total. The molecule has 1 saturated carbocycles. The van der Waals surface area contributed by atoms with Crippen LogP contribution in [0.5, 0.6) is 0 Å². The van der Waals surface area contributed by atoms with Gasteiger partial charge in [-0.25, -0.2) is 0 Å². The average molecular weight is 243 g/mol. The first-order valence-electron chi connectivity index (χ1n) is 6.12. The first-order chi connectivity index (χ1) is 8.63. The van der Waals surface area contributed by atoms with Crippen LogP contribution in [0.15, 0.2) is 24.3 Å². The maximum atomic E-state index is 10.9. The van der Waals surface area contributed by atoms with Crippen molar-refractivity contribution in [1.82, 2.24) is 0 Å². The smallest absolute Gasteiger partial charge is 0.221 e. The Morgan fingerprint density at radius 3 is 2.44 bits per heavy atom. The van der Waals surface area contributed by atoms with Gasteiger partial charge >= 0.3 is 0 Å². The van der Waals surface area contributed by atoms with Gasteiger partial charge in [0.2, 0.25) is 5.91 Å². The lowest BCUT2D eigenvalue weighted by Gasteiger charge is -2.13. The topological polar surface area (TPSA) is 64.9 Å². The molecule has 1 amide bonds. The molecule has 1 aliphatic carbocycles. The molecule has 2 rings (SSSR count). The zero-order chi connectivity index (χ0) is 13.0. The third-order valence-corrected chi connectivity index (χ3v) is 3.28. The summed E-state index contributed by atoms with van der Waals surface area (Å²) in [6.45, 7) is 2.34. The molecule has 1 aromatic rings. The molecule has 18 heavy (non-hydrogen) atoms. The molecule has 1 fully saturated rings. The van der Waals surface area contributed by atoms with Gasteiger partial charge in [0.15, 0.2) is 0 Å². The molecule has 0 aromatic heterocycles. The van der Waals surface area contributed by atoms with Gasteiger partial charge in [0.05, 0.1) is 6.07 Å². The highest BCUT2D eigenvalue weighted by Gasteiger charge is 2.42. The molecule has 0 bridgehead atoms. The van der Waals surface area contributed by atoms with Crippen molar-refractivity contribution in [3.8, 4) is 6.07 Å². The third-order valence-electron chi connectivity index (χ3n) is 3.28. The summed E-state index contributed by atoms with van der Waals surface area (Å²) >= 11 is 0. The van der Waals surface area contributed by atoms with E-state index >= 15 is 0 Å². The van der Waals surface area contributed by atoms with Gasteiger partial charge in [0.1, 0.15) is 0 Å². The first-order valence-corrected chi connectivity index (χ1v) is 6.12. The summed E-state index contributed by atoms with van der Waals surface area (Å²) in [5.41, 5.74) is 2.02. The number of anilines is 2. The van der Waals surface area contributed by atoms with Crippen molar-refractivity contribution >= 4 is 17.3 Å². The fourth-order valence-corrected chi connectivity index (χ4v) is 1.92. The average Bonchev–Trinajstić information content (AvgIpc) is 3.09. The Balaban J connectivity index is 1.87. The highest BCUT2D eigenvalue weighted by molar-refractivity contribution is 5.88. The van der Waals surface area contributed by atoms with Crippen LogP contribution in [0, 0.1) is 16.7 Å². The molecule has 0 spiro atoms. The number of amides is 1. The number of hydrogen-bond donors (Lipinski definition) is 2. The fourth-order valence-electron chi connectivity index (χ4n) is 1.92. The number of nitrogens with zero attached hydrogens (tertiary/aromatic N) is 1. The van der Waals surface area contributed by atoms with Gasteiger partial charge in [-0.05, 0) is 37.1 Å². The summed E-state index contributed by atoms with van der Waals surface area (Å²) in [4.78, 5) is 10.9. The summed E-state index contributed by atoms with van der Waals surface area (Å²) in [5.74, 6) is -0.0679. The standard InChI is InChI=1S/C14H17N3O/c1-11(18)17-13-4-2-12(3-5-13)16-10-14(6-7-14)8-9-15/h2-5,16H,6-8,10H2,1H3,(H,17,18). The molecule has 1 aromatic carbocycles. The molecular weight excluding hydrogens is 226 g/mol. The number of benzene rings is 1. The summed E-state index contributed by atoms with van der Waals surface area (Å²) in [6, 6.07) is 9.86. The van der Waals surface area contributed by atoms with Crippen molar-refractivity contribution in [2.75, 3.05) is 17.2 Å². The molecule has 0 atom stereocenters. The van der Waals surface area contributed by atoms with Crippen LogP contribution in [-0.2, 0) is 4.79 Å². The van der Waals surface area contributed by atoms with Crippen molar-refractivity contribution in [3.63, 3.8) is 0 Å². The number of carbonyl (C=O) groups excluding carboxylic acids is 1. The van der Waals surface area contributed by atoms with Gasteiger partial charge in [0.25, 0.3) is 0 Å². The van der Waals surface area contributed by atoms with E-state index in [1.807, 2.05) is 24.3 Å². The minimum atomic E-state index is -0.0679. The second-order valence-corrected chi connectivity index (χ2v) is 4.95. The zero-order valence-electron chi connectivity index (χ0n) is 10.5. The van der Waals surface area contributed by atoms with Crippen LogP contribution in [0.2, 0.25) is 0 Å². The second-order valence-electron chi connectivity index (χ2n) is 4.95. The van der Waals surface area contributed by atoms with Crippen LogP contribution < -0.4 is 10.6 Å². The second kappa shape index (κ2) is 5.09. The van der Waals surface area contributed by atoms with E-state index in [0.717, 1.165) is 30.8 Å². The van der Waals surface area contributed by atoms with Crippen LogP contribution in [0.4, 0.5) is 11.4 Å². The Morgan fingerprint density at radius 2 is 1.94 bits per heavy atom. The number of carbonyl (C=O) groups is 1. The Morgan fingerprint density at radius 1 is 1.33 bits per heavy atom. The van der Waals surface area contributed by atoms with E-state index in [1.165, 1.54) is 6.92 Å². The quantitative estimate of drug-likeness (QED) is 0.835. The number of hydrogen-bond acceptors (Lipinski definition) is 3. The Hall–Kier alpha value is -2.02. The van der Waals surface area contributed by atoms with E-state index < -0.39 is 0 Å². The predicted molar refractivity (Wildman–Crippen MR) is 71.1 cm³/mol. The van der Waals surface area contributed by atoms with E-state index in [2.05, 4.69) is 16.7 Å². The number of nitriles is 1. The molecule has 0 unspecified atom stereocenters. The fraction of sp³-hybridized carbons (Fsp3) is 0.429. The molecule has 94 valence electrons. The lowest BCUT2D eigenvalue weighted by molar-refractivity contribution is -0.114.